The summed E-state index contributed by atoms with van der Waals surface area (Å²) in [5.41, 5.74) is 6.38. The van der Waals surface area contributed by atoms with Crippen molar-refractivity contribution in [3.05, 3.63) is 12.7 Å². The zero-order valence-electron chi connectivity index (χ0n) is 17.1. The van der Waals surface area contributed by atoms with E-state index >= 15 is 0 Å². The van der Waals surface area contributed by atoms with Crippen LogP contribution in [-0.2, 0) is 23.1 Å². The first-order valence-electron chi connectivity index (χ1n) is 9.44. The molecule has 1 fully saturated rings. The number of imidazole rings is 1. The van der Waals surface area contributed by atoms with Gasteiger partial charge in [-0.2, -0.15) is 0 Å². The molecule has 11 nitrogen and oxygen atoms in total. The van der Waals surface area contributed by atoms with Gasteiger partial charge in [0.05, 0.1) is 25.6 Å². The summed E-state index contributed by atoms with van der Waals surface area (Å²) in [6.45, 7) is 5.27. The normalized spacial score (nSPS) is 21.7. The summed E-state index contributed by atoms with van der Waals surface area (Å²) in [4.78, 5) is 34.0. The van der Waals surface area contributed by atoms with Crippen LogP contribution in [-0.4, -0.2) is 54.6 Å². The molecule has 30 heavy (non-hydrogen) atoms. The first kappa shape index (κ1) is 23.1. The summed E-state index contributed by atoms with van der Waals surface area (Å²) in [7, 11) is -4.23. The first-order valence-corrected chi connectivity index (χ1v) is 11.9. The average molecular weight is 459 g/mol. The van der Waals surface area contributed by atoms with Gasteiger partial charge in [0, 0.05) is 11.2 Å². The number of fused-ring (bicyclic) bond motifs is 1. The lowest BCUT2D eigenvalue weighted by atomic mass is 10.00. The molecule has 1 unspecified atom stereocenters. The van der Waals surface area contributed by atoms with Gasteiger partial charge in [-0.25, -0.2) is 19.5 Å². The summed E-state index contributed by atoms with van der Waals surface area (Å²) in [6, 6.07) is 0. The number of carbonyl (C=O) groups excluding carboxylic acids is 1. The van der Waals surface area contributed by atoms with Crippen LogP contribution < -0.4 is 5.73 Å². The van der Waals surface area contributed by atoms with Gasteiger partial charge in [0.25, 0.3) is 0 Å². The van der Waals surface area contributed by atoms with Crippen LogP contribution in [0.3, 0.4) is 0 Å². The summed E-state index contributed by atoms with van der Waals surface area (Å²) < 4.78 is 29.7. The van der Waals surface area contributed by atoms with E-state index in [4.69, 9.17) is 19.5 Å². The fourth-order valence-electron chi connectivity index (χ4n) is 2.81. The molecule has 1 aliphatic heterocycles. The topological polar surface area (TPSA) is 152 Å². The van der Waals surface area contributed by atoms with Crippen molar-refractivity contribution in [3.8, 4) is 0 Å². The highest BCUT2D eigenvalue weighted by molar-refractivity contribution is 8.13. The van der Waals surface area contributed by atoms with E-state index in [1.807, 2.05) is 20.8 Å². The lowest BCUT2D eigenvalue weighted by Crippen LogP contribution is -2.18. The second-order valence-electron chi connectivity index (χ2n) is 7.86. The molecular weight excluding hydrogens is 433 g/mol. The molecule has 0 amide bonds. The molecule has 2 aromatic rings. The summed E-state index contributed by atoms with van der Waals surface area (Å²) in [5, 5.41) is -0.00996. The molecule has 0 aliphatic carbocycles. The molecule has 13 heteroatoms. The Kier molecular flexibility index (Phi) is 7.16. The molecule has 3 atom stereocenters. The van der Waals surface area contributed by atoms with E-state index < -0.39 is 13.2 Å². The maximum absolute atomic E-state index is 12.0. The van der Waals surface area contributed by atoms with Crippen LogP contribution in [0, 0.1) is 5.41 Å². The van der Waals surface area contributed by atoms with Crippen molar-refractivity contribution >= 4 is 41.7 Å². The lowest BCUT2D eigenvalue weighted by Gasteiger charge is -2.18. The number of thioether (sulfide) groups is 1. The van der Waals surface area contributed by atoms with Gasteiger partial charge in [0.15, 0.2) is 16.6 Å². The van der Waals surface area contributed by atoms with Crippen LogP contribution in [0.15, 0.2) is 12.7 Å². The number of rotatable bonds is 8. The van der Waals surface area contributed by atoms with Crippen molar-refractivity contribution in [1.29, 1.82) is 0 Å². The van der Waals surface area contributed by atoms with Gasteiger partial charge >= 0.3 is 7.82 Å². The largest absolute Gasteiger partial charge is 0.472 e. The Hall–Kier alpha value is -1.56. The third-order valence-electron chi connectivity index (χ3n) is 4.39. The number of nitrogens with zero attached hydrogens (tertiary/aromatic N) is 4. The van der Waals surface area contributed by atoms with E-state index in [1.165, 1.54) is 6.33 Å². The zero-order chi connectivity index (χ0) is 21.9. The summed E-state index contributed by atoms with van der Waals surface area (Å²) in [5.74, 6) is 0.558. The number of ether oxygens (including phenoxy) is 1. The smallest absolute Gasteiger partial charge is 0.382 e. The van der Waals surface area contributed by atoms with Crippen LogP contribution in [0.2, 0.25) is 0 Å². The first-order chi connectivity index (χ1) is 14.1. The number of nitrogens with two attached hydrogens (primary N) is 1. The van der Waals surface area contributed by atoms with Gasteiger partial charge in [-0.15, -0.1) is 0 Å². The third kappa shape index (κ3) is 5.77. The molecule has 3 N–H and O–H groups in total. The minimum atomic E-state index is -4.23. The van der Waals surface area contributed by atoms with Crippen LogP contribution >= 0.6 is 19.6 Å². The highest BCUT2D eigenvalue weighted by Gasteiger charge is 2.31. The zero-order valence-corrected chi connectivity index (χ0v) is 18.8. The Morgan fingerprint density at radius 3 is 2.87 bits per heavy atom. The number of hydrogen-bond donors (Lipinski definition) is 2. The Balaban J connectivity index is 1.44. The SMILES string of the molecule is CC(C)(C)C(=O)SCCOP(=O)(O)OC[C@@H]1CC[C@H](n2cnc3c(N)ncnc32)O1. The van der Waals surface area contributed by atoms with E-state index in [1.54, 1.807) is 10.9 Å². The number of phosphoric acid groups is 1. The quantitative estimate of drug-likeness (QED) is 0.442. The highest BCUT2D eigenvalue weighted by Crippen LogP contribution is 2.44. The minimum Gasteiger partial charge on any atom is -0.382 e. The van der Waals surface area contributed by atoms with E-state index in [-0.39, 0.29) is 42.2 Å². The predicted octanol–water partition coefficient (Wildman–Crippen LogP) is 2.53. The number of hydrogen-bond acceptors (Lipinski definition) is 10. The number of aromatic nitrogens is 4. The molecule has 0 saturated carbocycles. The van der Waals surface area contributed by atoms with Crippen molar-refractivity contribution in [3.63, 3.8) is 0 Å². The molecule has 1 aliphatic rings. The van der Waals surface area contributed by atoms with Crippen molar-refractivity contribution in [2.24, 2.45) is 5.41 Å². The lowest BCUT2D eigenvalue weighted by molar-refractivity contribution is -0.117. The van der Waals surface area contributed by atoms with E-state index in [2.05, 4.69) is 15.0 Å². The molecular formula is C17H26N5O6PS. The molecule has 0 aromatic carbocycles. The van der Waals surface area contributed by atoms with Crippen LogP contribution in [0.4, 0.5) is 5.82 Å². The van der Waals surface area contributed by atoms with Crippen molar-refractivity contribution in [2.45, 2.75) is 45.9 Å². The summed E-state index contributed by atoms with van der Waals surface area (Å²) in [6.07, 6.45) is 3.51. The molecule has 3 heterocycles. The second-order valence-corrected chi connectivity index (χ2v) is 10.4. The van der Waals surface area contributed by atoms with Crippen molar-refractivity contribution in [2.75, 3.05) is 24.7 Å². The maximum atomic E-state index is 12.0. The van der Waals surface area contributed by atoms with Crippen LogP contribution in [0.5, 0.6) is 0 Å². The van der Waals surface area contributed by atoms with E-state index in [0.717, 1.165) is 11.8 Å². The molecule has 166 valence electrons. The molecule has 2 aromatic heterocycles. The van der Waals surface area contributed by atoms with Gasteiger partial charge in [-0.1, -0.05) is 32.5 Å². The van der Waals surface area contributed by atoms with Gasteiger partial charge in [0.2, 0.25) is 0 Å². The molecule has 0 spiro atoms. The molecule has 3 rings (SSSR count). The molecule has 0 bridgehead atoms. The second kappa shape index (κ2) is 9.29. The van der Waals surface area contributed by atoms with Gasteiger partial charge < -0.3 is 15.4 Å². The third-order valence-corrected chi connectivity index (χ3v) is 6.62. The Labute approximate surface area is 178 Å². The Morgan fingerprint density at radius 2 is 2.13 bits per heavy atom. The van der Waals surface area contributed by atoms with Crippen LogP contribution in [0.1, 0.15) is 39.8 Å². The molecule has 1 saturated heterocycles. The van der Waals surface area contributed by atoms with Crippen molar-refractivity contribution in [1.82, 2.24) is 19.5 Å². The minimum absolute atomic E-state index is 0.00996. The number of carbonyl (C=O) groups is 1. The standard InChI is InChI=1S/C17H26N5O6PS/c1-17(2,3)16(23)30-7-6-26-29(24,25)27-8-11-4-5-12(28-11)22-10-21-13-14(18)19-9-20-15(13)22/h9-12H,4-8H2,1-3H3,(H,24,25)(H2,18,19,20)/t11-,12+/m0/s1. The van der Waals surface area contributed by atoms with Crippen LogP contribution in [0.25, 0.3) is 11.2 Å². The highest BCUT2D eigenvalue weighted by atomic mass is 32.2. The van der Waals surface area contributed by atoms with E-state index in [9.17, 15) is 14.3 Å². The number of anilines is 1. The Morgan fingerprint density at radius 1 is 1.37 bits per heavy atom. The van der Waals surface area contributed by atoms with Gasteiger partial charge in [0.1, 0.15) is 18.1 Å². The predicted molar refractivity (Wildman–Crippen MR) is 112 cm³/mol. The van der Waals surface area contributed by atoms with E-state index in [0.29, 0.717) is 24.0 Å². The maximum Gasteiger partial charge on any atom is 0.472 e. The number of phosphoric ester groups is 1. The fourth-order valence-corrected chi connectivity index (χ4v) is 4.47. The average Bonchev–Trinajstić information content (AvgIpc) is 3.30. The van der Waals surface area contributed by atoms with Gasteiger partial charge in [-0.05, 0) is 12.8 Å². The van der Waals surface area contributed by atoms with Gasteiger partial charge in [-0.3, -0.25) is 18.4 Å². The summed E-state index contributed by atoms with van der Waals surface area (Å²) >= 11 is 1.06. The monoisotopic (exact) mass is 459 g/mol. The Bertz CT molecular complexity index is 948. The molecule has 0 radical (unpaired) electrons. The number of nitrogen functional groups attached to an aromatic ring is 1. The van der Waals surface area contributed by atoms with Crippen molar-refractivity contribution < 1.29 is 28.0 Å². The fraction of sp³-hybridized carbons (Fsp3) is 0.647.